The maximum Gasteiger partial charge on any atom is 0.331 e. The van der Waals surface area contributed by atoms with E-state index in [0.29, 0.717) is 80.1 Å². The maximum absolute atomic E-state index is 12.9. The smallest absolute Gasteiger partial charge is 0.331 e. The van der Waals surface area contributed by atoms with Crippen molar-refractivity contribution in [2.75, 3.05) is 117 Å². The lowest BCUT2D eigenvalue weighted by Crippen LogP contribution is -2.52. The molecule has 2 heterocycles. The number of nitrogens with zero attached hydrogens (tertiary/aromatic N) is 2. The molecular weight excluding hydrogens is 861 g/mol. The summed E-state index contributed by atoms with van der Waals surface area (Å²) in [7, 11) is 19.1. The summed E-state index contributed by atoms with van der Waals surface area (Å²) < 4.78 is 63.9. The van der Waals surface area contributed by atoms with E-state index in [2.05, 4.69) is 32.3 Å². The van der Waals surface area contributed by atoms with Gasteiger partial charge >= 0.3 is 11.9 Å². The van der Waals surface area contributed by atoms with E-state index in [4.69, 9.17) is 52.1 Å². The zero-order chi connectivity index (χ0) is 48.3. The molecule has 2 aliphatic heterocycles. The van der Waals surface area contributed by atoms with Crippen LogP contribution in [-0.2, 0) is 38.3 Å². The summed E-state index contributed by atoms with van der Waals surface area (Å²) in [6, 6.07) is 18.0. The Morgan fingerprint density at radius 3 is 1.61 bits per heavy atom. The number of rotatable bonds is 22. The quantitative estimate of drug-likeness (QED) is 0.0339. The van der Waals surface area contributed by atoms with Gasteiger partial charge < -0.3 is 61.1 Å². The number of hydrogen-bond donors (Lipinski definition) is 0. The molecule has 0 radical (unpaired) electrons. The minimum Gasteiger partial charge on any atom is -0.493 e. The van der Waals surface area contributed by atoms with Gasteiger partial charge in [0.25, 0.3) is 0 Å². The number of carbonyl (C=O) groups is 2. The molecule has 0 saturated carbocycles. The largest absolute Gasteiger partial charge is 0.493 e. The number of esters is 2. The van der Waals surface area contributed by atoms with Crippen LogP contribution in [0.3, 0.4) is 0 Å². The topological polar surface area (TPSA) is 136 Å². The second-order valence-corrected chi connectivity index (χ2v) is 17.3. The third-order valence-electron chi connectivity index (χ3n) is 13.5. The van der Waals surface area contributed by atoms with E-state index < -0.39 is 11.9 Å². The number of fused-ring (bicyclic) bond motifs is 2. The van der Waals surface area contributed by atoms with Gasteiger partial charge in [-0.15, -0.1) is 0 Å². The van der Waals surface area contributed by atoms with Gasteiger partial charge in [0.2, 0.25) is 5.75 Å². The van der Waals surface area contributed by atoms with Crippen molar-refractivity contribution < 1.29 is 70.7 Å². The van der Waals surface area contributed by atoms with Crippen LogP contribution in [0, 0.1) is 0 Å². The average molecular weight is 929 g/mol. The van der Waals surface area contributed by atoms with Gasteiger partial charge in [-0.1, -0.05) is 6.07 Å². The molecule has 0 spiro atoms. The van der Waals surface area contributed by atoms with Crippen molar-refractivity contribution in [2.24, 2.45) is 0 Å². The van der Waals surface area contributed by atoms with Gasteiger partial charge in [-0.2, -0.15) is 0 Å². The van der Waals surface area contributed by atoms with Gasteiger partial charge in [0.05, 0.1) is 123 Å². The normalized spacial score (nSPS) is 19.6. The second kappa shape index (κ2) is 22.4. The maximum atomic E-state index is 12.9. The molecule has 0 bridgehead atoms. The van der Waals surface area contributed by atoms with E-state index >= 15 is 0 Å². The first-order valence-corrected chi connectivity index (χ1v) is 22.5. The first kappa shape index (κ1) is 50.1. The van der Waals surface area contributed by atoms with E-state index in [1.165, 1.54) is 11.1 Å². The molecule has 15 heteroatoms. The zero-order valence-corrected chi connectivity index (χ0v) is 41.0. The Balaban J connectivity index is 1.07. The van der Waals surface area contributed by atoms with E-state index in [1.807, 2.05) is 36.4 Å². The van der Waals surface area contributed by atoms with Crippen LogP contribution in [0.5, 0.6) is 51.7 Å². The molecule has 0 amide bonds. The second-order valence-electron chi connectivity index (χ2n) is 17.3. The van der Waals surface area contributed by atoms with Gasteiger partial charge in [-0.05, 0) is 65.2 Å². The minimum atomic E-state index is -0.617. The molecular formula is C52H68N2O13+2. The van der Waals surface area contributed by atoms with Crippen molar-refractivity contribution in [3.63, 3.8) is 0 Å². The lowest BCUT2D eigenvalue weighted by atomic mass is 9.84. The van der Waals surface area contributed by atoms with Crippen LogP contribution in [0.25, 0.3) is 0 Å². The van der Waals surface area contributed by atoms with Crippen LogP contribution in [0.1, 0.15) is 58.3 Å². The highest BCUT2D eigenvalue weighted by Crippen LogP contribution is 2.52. The third kappa shape index (κ3) is 10.9. The Morgan fingerprint density at radius 2 is 1.03 bits per heavy atom. The number of carbonyl (C=O) groups excluding carboxylic acids is 2. The fraction of sp³-hybridized carbons (Fsp3) is 0.462. The molecule has 0 fully saturated rings. The predicted molar refractivity (Wildman–Crippen MR) is 253 cm³/mol. The number of ether oxygens (including phenoxy) is 11. The summed E-state index contributed by atoms with van der Waals surface area (Å²) in [4.78, 5) is 25.7. The first-order valence-electron chi connectivity index (χ1n) is 22.5. The van der Waals surface area contributed by atoms with Crippen LogP contribution < -0.4 is 42.6 Å². The lowest BCUT2D eigenvalue weighted by molar-refractivity contribution is -0.941. The molecule has 0 saturated heterocycles. The molecule has 2 aliphatic rings. The van der Waals surface area contributed by atoms with E-state index in [-0.39, 0.29) is 25.3 Å². The van der Waals surface area contributed by atoms with Gasteiger partial charge in [0.1, 0.15) is 12.1 Å². The molecule has 4 aromatic rings. The molecule has 4 unspecified atom stereocenters. The highest BCUT2D eigenvalue weighted by Gasteiger charge is 2.44. The average Bonchev–Trinajstić information content (AvgIpc) is 3.35. The zero-order valence-electron chi connectivity index (χ0n) is 41.0. The van der Waals surface area contributed by atoms with Crippen LogP contribution >= 0.6 is 0 Å². The third-order valence-corrected chi connectivity index (χ3v) is 13.5. The van der Waals surface area contributed by atoms with Crippen molar-refractivity contribution in [3.05, 3.63) is 100 Å². The number of benzene rings is 4. The molecule has 4 atom stereocenters. The van der Waals surface area contributed by atoms with E-state index in [0.717, 1.165) is 73.3 Å². The van der Waals surface area contributed by atoms with Crippen molar-refractivity contribution in [1.82, 2.24) is 0 Å². The van der Waals surface area contributed by atoms with Crippen molar-refractivity contribution in [3.8, 4) is 51.7 Å². The first-order chi connectivity index (χ1) is 32.3. The summed E-state index contributed by atoms with van der Waals surface area (Å²) in [5.74, 6) is 4.47. The molecule has 0 aromatic heterocycles. The highest BCUT2D eigenvalue weighted by molar-refractivity contribution is 5.91. The van der Waals surface area contributed by atoms with Gasteiger partial charge in [-0.25, -0.2) is 9.59 Å². The van der Waals surface area contributed by atoms with Gasteiger partial charge in [-0.3, -0.25) is 0 Å². The summed E-state index contributed by atoms with van der Waals surface area (Å²) >= 11 is 0. The van der Waals surface area contributed by atoms with Crippen LogP contribution in [0.15, 0.2) is 66.7 Å². The fourth-order valence-corrected chi connectivity index (χ4v) is 9.93. The van der Waals surface area contributed by atoms with E-state index in [1.54, 1.807) is 64.0 Å². The van der Waals surface area contributed by atoms with Crippen LogP contribution in [-0.4, -0.2) is 138 Å². The summed E-state index contributed by atoms with van der Waals surface area (Å²) in [6.07, 6.45) is 5.77. The molecule has 0 aliphatic carbocycles. The molecule has 67 heavy (non-hydrogen) atoms. The minimum absolute atomic E-state index is 0.0645. The monoisotopic (exact) mass is 928 g/mol. The molecule has 6 rings (SSSR count). The Kier molecular flexibility index (Phi) is 16.8. The predicted octanol–water partition coefficient (Wildman–Crippen LogP) is 7.27. The summed E-state index contributed by atoms with van der Waals surface area (Å²) in [6.45, 7) is 3.42. The van der Waals surface area contributed by atoms with Crippen LogP contribution in [0.2, 0.25) is 0 Å². The SMILES string of the molecule is COc1ccc(CC2c3cc(OC)c(OC)cc3CC[N+]2(C)CCCOC(=O)/C=C/C(=O)OCCC[N+]2(C)CCc3cc(OC)c(OC)c(OC)c3C2c2ccc(OC)c(OC)c2)cc1OC. The van der Waals surface area contributed by atoms with Crippen molar-refractivity contribution >= 4 is 11.9 Å². The van der Waals surface area contributed by atoms with E-state index in [9.17, 15) is 9.59 Å². The molecule has 15 nitrogen and oxygen atoms in total. The summed E-state index contributed by atoms with van der Waals surface area (Å²) in [5.41, 5.74) is 6.60. The molecule has 362 valence electrons. The number of likely N-dealkylation sites (N-methyl/N-ethyl adjacent to an activating group) is 2. The number of hydrogen-bond acceptors (Lipinski definition) is 13. The number of quaternary nitrogens is 2. The van der Waals surface area contributed by atoms with Gasteiger partial charge in [0, 0.05) is 55.4 Å². The number of methoxy groups -OCH3 is 9. The van der Waals surface area contributed by atoms with Crippen molar-refractivity contribution in [2.45, 2.75) is 44.2 Å². The Labute approximate surface area is 395 Å². The highest BCUT2D eigenvalue weighted by atomic mass is 16.5. The summed E-state index contributed by atoms with van der Waals surface area (Å²) in [5, 5.41) is 0. The lowest BCUT2D eigenvalue weighted by Gasteiger charge is -2.46. The molecule has 0 N–H and O–H groups in total. The Bertz CT molecular complexity index is 2400. The Hall–Kier alpha value is -6.32. The standard InChI is InChI=1S/C52H68N2O13/c1-53(24-20-35-30-44(61-7)45(62-8)33-38(35)39(53)28-34-14-16-40(57-3)42(29-34)59-5)22-12-26-66-47(55)18-19-48(56)67-27-13-23-54(2)25-21-36-31-46(63-9)51(64-10)52(65-11)49(36)50(54)37-15-17-41(58-4)43(32-37)60-6/h14-19,29-33,39,50H,12-13,20-28H2,1-11H3/q+2/b19-18+. The molecule has 4 aromatic carbocycles. The fourth-order valence-electron chi connectivity index (χ4n) is 9.93. The van der Waals surface area contributed by atoms with Crippen LogP contribution in [0.4, 0.5) is 0 Å². The van der Waals surface area contributed by atoms with Crippen molar-refractivity contribution in [1.29, 1.82) is 0 Å². The van der Waals surface area contributed by atoms with Gasteiger partial charge in [0.15, 0.2) is 46.0 Å². The Morgan fingerprint density at radius 1 is 0.537 bits per heavy atom.